The summed E-state index contributed by atoms with van der Waals surface area (Å²) < 4.78 is 13.7. The summed E-state index contributed by atoms with van der Waals surface area (Å²) in [7, 11) is 0. The fourth-order valence-corrected chi connectivity index (χ4v) is 10.8. The van der Waals surface area contributed by atoms with Gasteiger partial charge in [-0.2, -0.15) is 0 Å². The molecule has 0 amide bonds. The zero-order valence-corrected chi connectivity index (χ0v) is 38.4. The van der Waals surface area contributed by atoms with Gasteiger partial charge in [0.25, 0.3) is 0 Å². The zero-order valence-electron chi connectivity index (χ0n) is 36.8. The van der Waals surface area contributed by atoms with Crippen molar-refractivity contribution in [3.63, 3.8) is 0 Å². The molecule has 1 aliphatic carbocycles. The predicted molar refractivity (Wildman–Crippen MR) is 266 cm³/mol. The lowest BCUT2D eigenvalue weighted by atomic mass is 9.70. The third kappa shape index (κ3) is 8.60. The molecule has 65 heavy (non-hydrogen) atoms. The second-order valence-corrected chi connectivity index (χ2v) is 19.1. The van der Waals surface area contributed by atoms with E-state index < -0.39 is 0 Å². The van der Waals surface area contributed by atoms with Crippen molar-refractivity contribution in [2.75, 3.05) is 0 Å². The number of nitrogens with zero attached hydrogens (tertiary/aromatic N) is 5. The Labute approximate surface area is 387 Å². The summed E-state index contributed by atoms with van der Waals surface area (Å²) in [5, 5.41) is 4.22. The quantitative estimate of drug-likeness (QED) is 0.121. The van der Waals surface area contributed by atoms with Crippen LogP contribution in [0.25, 0.3) is 77.9 Å². The van der Waals surface area contributed by atoms with E-state index in [1.165, 1.54) is 55.2 Å². The van der Waals surface area contributed by atoms with Crippen molar-refractivity contribution >= 4 is 60.1 Å². The molecule has 3 aromatic carbocycles. The number of benzene rings is 3. The normalized spacial score (nSPS) is 16.6. The molecular weight excluding hydrogens is 867 g/mol. The van der Waals surface area contributed by atoms with E-state index in [0.717, 1.165) is 102 Å². The van der Waals surface area contributed by atoms with Gasteiger partial charge in [-0.25, -0.2) is 9.97 Å². The summed E-state index contributed by atoms with van der Waals surface area (Å²) in [6.07, 6.45) is 16.6. The molecule has 0 radical (unpaired) electrons. The molecule has 8 heteroatoms. The summed E-state index contributed by atoms with van der Waals surface area (Å²) in [6.45, 7) is 3.99. The standard InChI is InChI=1S/C57H50BrN5O2/c1-35-13-24-45-43-8-5-10-48(54(43)64-56(45)62-35)52-27-22-38(33-60-52)16-19-41-29-40(18-15-37-21-26-51(59-32-37)47-7-3-4-12-50(47)58)30-42(31-41)20-17-39-23-28-53(61-34-39)49-11-6-9-44-46-25-14-36(2)63-57(46)65-55(44)49/h3-14,21-28,32-34,40-42H,15-20,29-31H2,1-2H3/t40?,41-,42+. The van der Waals surface area contributed by atoms with Gasteiger partial charge in [0.2, 0.25) is 11.4 Å². The highest BCUT2D eigenvalue weighted by atomic mass is 79.9. The van der Waals surface area contributed by atoms with Gasteiger partial charge in [0, 0.05) is 72.7 Å². The molecular formula is C57H50BrN5O2. The van der Waals surface area contributed by atoms with E-state index in [4.69, 9.17) is 23.8 Å². The molecule has 1 unspecified atom stereocenters. The predicted octanol–water partition coefficient (Wildman–Crippen LogP) is 15.1. The summed E-state index contributed by atoms with van der Waals surface area (Å²) in [5.74, 6) is 2.00. The van der Waals surface area contributed by atoms with Crippen molar-refractivity contribution < 1.29 is 8.83 Å². The number of hydrogen-bond donors (Lipinski definition) is 0. The Morgan fingerprint density at radius 1 is 0.446 bits per heavy atom. The minimum atomic E-state index is 0.665. The van der Waals surface area contributed by atoms with Crippen molar-refractivity contribution in [1.82, 2.24) is 24.9 Å². The second kappa shape index (κ2) is 17.8. The van der Waals surface area contributed by atoms with Crippen molar-refractivity contribution in [3.8, 4) is 33.8 Å². The molecule has 7 heterocycles. The highest BCUT2D eigenvalue weighted by molar-refractivity contribution is 9.10. The fraction of sp³-hybridized carbons (Fsp3) is 0.246. The lowest BCUT2D eigenvalue weighted by molar-refractivity contribution is 0.172. The van der Waals surface area contributed by atoms with Crippen LogP contribution in [0.4, 0.5) is 0 Å². The third-order valence-corrected chi connectivity index (χ3v) is 14.4. The van der Waals surface area contributed by atoms with Gasteiger partial charge >= 0.3 is 0 Å². The highest BCUT2D eigenvalue weighted by Crippen LogP contribution is 2.41. The molecule has 0 spiro atoms. The van der Waals surface area contributed by atoms with E-state index in [-0.39, 0.29) is 0 Å². The van der Waals surface area contributed by atoms with Gasteiger partial charge in [-0.1, -0.05) is 76.6 Å². The van der Waals surface area contributed by atoms with Gasteiger partial charge in [0.15, 0.2) is 0 Å². The van der Waals surface area contributed by atoms with Crippen LogP contribution in [0.3, 0.4) is 0 Å². The van der Waals surface area contributed by atoms with E-state index in [2.05, 4.69) is 148 Å². The Hall–Kier alpha value is -6.51. The smallest absolute Gasteiger partial charge is 0.227 e. The minimum Gasteiger partial charge on any atom is -0.437 e. The number of rotatable bonds is 12. The first-order chi connectivity index (χ1) is 31.9. The highest BCUT2D eigenvalue weighted by Gasteiger charge is 2.29. The molecule has 11 rings (SSSR count). The van der Waals surface area contributed by atoms with Crippen LogP contribution in [0, 0.1) is 31.6 Å². The molecule has 7 aromatic heterocycles. The Morgan fingerprint density at radius 3 is 1.28 bits per heavy atom. The lowest BCUT2D eigenvalue weighted by Crippen LogP contribution is -2.24. The molecule has 1 aliphatic rings. The van der Waals surface area contributed by atoms with Crippen LogP contribution in [0.5, 0.6) is 0 Å². The summed E-state index contributed by atoms with van der Waals surface area (Å²) in [5.41, 5.74) is 14.8. The van der Waals surface area contributed by atoms with Gasteiger partial charge in [0.1, 0.15) is 11.2 Å². The Kier molecular flexibility index (Phi) is 11.3. The summed E-state index contributed by atoms with van der Waals surface area (Å²) in [6, 6.07) is 42.4. The van der Waals surface area contributed by atoms with Crippen molar-refractivity contribution in [2.24, 2.45) is 17.8 Å². The van der Waals surface area contributed by atoms with E-state index >= 15 is 0 Å². The van der Waals surface area contributed by atoms with E-state index in [9.17, 15) is 0 Å². The van der Waals surface area contributed by atoms with Gasteiger partial charge in [-0.05, 0) is 167 Å². The van der Waals surface area contributed by atoms with Crippen LogP contribution < -0.4 is 0 Å². The topological polar surface area (TPSA) is 90.7 Å². The van der Waals surface area contributed by atoms with Gasteiger partial charge < -0.3 is 8.83 Å². The van der Waals surface area contributed by atoms with Crippen LogP contribution in [-0.2, 0) is 19.3 Å². The average molecular weight is 917 g/mol. The Balaban J connectivity index is 0.778. The number of aromatic nitrogens is 5. The zero-order chi connectivity index (χ0) is 43.9. The van der Waals surface area contributed by atoms with Gasteiger partial charge in [-0.15, -0.1) is 0 Å². The Morgan fingerprint density at radius 2 is 0.862 bits per heavy atom. The monoisotopic (exact) mass is 915 g/mol. The van der Waals surface area contributed by atoms with Crippen LogP contribution >= 0.6 is 15.9 Å². The Bertz CT molecular complexity index is 3130. The van der Waals surface area contributed by atoms with Gasteiger partial charge in [0.05, 0.1) is 17.1 Å². The number of aryl methyl sites for hydroxylation is 5. The summed E-state index contributed by atoms with van der Waals surface area (Å²) >= 11 is 3.70. The fourth-order valence-electron chi connectivity index (χ4n) is 10.3. The molecule has 10 aromatic rings. The molecule has 3 atom stereocenters. The molecule has 0 aliphatic heterocycles. The van der Waals surface area contributed by atoms with Gasteiger partial charge in [-0.3, -0.25) is 15.0 Å². The SMILES string of the molecule is Cc1ccc2c(n1)oc1c(-c3ccc(CC[C@@H]4CC(CCc5ccc(-c6ccccc6Br)nc5)C[C@H](CCc5ccc(-c6cccc7c6oc6nc(C)ccc67)nc5)C4)cn3)cccc12. The van der Waals surface area contributed by atoms with Crippen molar-refractivity contribution in [1.29, 1.82) is 0 Å². The first kappa shape index (κ1) is 41.2. The number of pyridine rings is 5. The minimum absolute atomic E-state index is 0.665. The van der Waals surface area contributed by atoms with Crippen LogP contribution in [0.15, 0.2) is 153 Å². The number of fused-ring (bicyclic) bond motifs is 6. The maximum Gasteiger partial charge on any atom is 0.227 e. The largest absolute Gasteiger partial charge is 0.437 e. The third-order valence-electron chi connectivity index (χ3n) is 13.7. The molecule has 1 saturated carbocycles. The molecule has 0 saturated heterocycles. The first-order valence-corrected chi connectivity index (χ1v) is 23.9. The number of hydrogen-bond acceptors (Lipinski definition) is 7. The van der Waals surface area contributed by atoms with E-state index in [0.29, 0.717) is 29.2 Å². The second-order valence-electron chi connectivity index (χ2n) is 18.2. The number of furan rings is 2. The van der Waals surface area contributed by atoms with Crippen molar-refractivity contribution in [2.45, 2.75) is 71.6 Å². The molecule has 322 valence electrons. The first-order valence-electron chi connectivity index (χ1n) is 23.1. The summed E-state index contributed by atoms with van der Waals surface area (Å²) in [4.78, 5) is 24.1. The maximum atomic E-state index is 6.30. The maximum absolute atomic E-state index is 6.30. The number of halogens is 1. The molecule has 1 fully saturated rings. The van der Waals surface area contributed by atoms with E-state index in [1.807, 2.05) is 32.0 Å². The molecule has 0 bridgehead atoms. The van der Waals surface area contributed by atoms with E-state index in [1.54, 1.807) is 0 Å². The van der Waals surface area contributed by atoms with Crippen LogP contribution in [-0.4, -0.2) is 24.9 Å². The molecule has 0 N–H and O–H groups in total. The number of para-hydroxylation sites is 2. The van der Waals surface area contributed by atoms with Crippen LogP contribution in [0.2, 0.25) is 0 Å². The van der Waals surface area contributed by atoms with Crippen LogP contribution in [0.1, 0.15) is 66.6 Å². The average Bonchev–Trinajstić information content (AvgIpc) is 3.90. The van der Waals surface area contributed by atoms with Crippen molar-refractivity contribution in [3.05, 3.63) is 172 Å². The lowest BCUT2D eigenvalue weighted by Gasteiger charge is -2.35. The molecule has 7 nitrogen and oxygen atoms in total.